The van der Waals surface area contributed by atoms with Crippen molar-refractivity contribution in [1.82, 2.24) is 9.97 Å². The topological polar surface area (TPSA) is 75.1 Å². The van der Waals surface area contributed by atoms with E-state index in [1.54, 1.807) is 13.8 Å². The van der Waals surface area contributed by atoms with E-state index in [-0.39, 0.29) is 5.69 Å². The molecule has 1 saturated carbocycles. The second-order valence-corrected chi connectivity index (χ2v) is 6.59. The molecule has 1 aromatic rings. The quantitative estimate of drug-likeness (QED) is 0.872. The summed E-state index contributed by atoms with van der Waals surface area (Å²) >= 11 is 0. The summed E-state index contributed by atoms with van der Waals surface area (Å²) in [6, 6.07) is 0. The van der Waals surface area contributed by atoms with Crippen LogP contribution in [0, 0.1) is 31.6 Å². The largest absolute Gasteiger partial charge is 0.476 e. The molecule has 0 aromatic carbocycles. The van der Waals surface area contributed by atoms with Crippen molar-refractivity contribution in [3.63, 3.8) is 0 Å². The molecule has 1 heterocycles. The van der Waals surface area contributed by atoms with Crippen molar-refractivity contribution in [3.05, 3.63) is 41.4 Å². The summed E-state index contributed by atoms with van der Waals surface area (Å²) < 4.78 is 0. The van der Waals surface area contributed by atoms with E-state index >= 15 is 0 Å². The van der Waals surface area contributed by atoms with E-state index in [1.807, 2.05) is 0 Å². The molecule has 3 rings (SSSR count). The first-order valence-corrected chi connectivity index (χ1v) is 8.20. The maximum Gasteiger partial charge on any atom is 0.354 e. The highest BCUT2D eigenvalue weighted by molar-refractivity contribution is 5.88. The number of hydrogen-bond donors (Lipinski definition) is 2. The zero-order valence-corrected chi connectivity index (χ0v) is 13.6. The number of nitrogens with zero attached hydrogens (tertiary/aromatic N) is 2. The summed E-state index contributed by atoms with van der Waals surface area (Å²) in [5.74, 6) is 2.25. The molecule has 0 spiro atoms. The van der Waals surface area contributed by atoms with Crippen LogP contribution in [0.15, 0.2) is 24.3 Å². The molecule has 2 aliphatic carbocycles. The SMILES string of the molecule is Cc1nc(NCC2CC(C3C=CC=CC3)C2)c(C)c(C(=O)O)n1. The molecule has 0 radical (unpaired) electrons. The van der Waals surface area contributed by atoms with Gasteiger partial charge >= 0.3 is 5.97 Å². The molecule has 1 aromatic heterocycles. The van der Waals surface area contributed by atoms with Gasteiger partial charge in [0.15, 0.2) is 5.69 Å². The number of aromatic carboxylic acids is 1. The minimum atomic E-state index is -1.00. The van der Waals surface area contributed by atoms with Gasteiger partial charge in [-0.25, -0.2) is 14.8 Å². The Bertz CT molecular complexity index is 660. The Morgan fingerprint density at radius 3 is 2.74 bits per heavy atom. The fourth-order valence-corrected chi connectivity index (χ4v) is 3.50. The van der Waals surface area contributed by atoms with Gasteiger partial charge in [-0.15, -0.1) is 0 Å². The smallest absolute Gasteiger partial charge is 0.354 e. The number of aryl methyl sites for hydroxylation is 1. The molecule has 0 aliphatic heterocycles. The first-order chi connectivity index (χ1) is 11.0. The van der Waals surface area contributed by atoms with Crippen LogP contribution in [0.2, 0.25) is 0 Å². The Labute approximate surface area is 136 Å². The van der Waals surface area contributed by atoms with Crippen molar-refractivity contribution in [2.24, 2.45) is 17.8 Å². The number of carboxylic acid groups (broad SMARTS) is 1. The highest BCUT2D eigenvalue weighted by Gasteiger charge is 2.33. The van der Waals surface area contributed by atoms with Gasteiger partial charge in [0.25, 0.3) is 0 Å². The average molecular weight is 313 g/mol. The van der Waals surface area contributed by atoms with E-state index in [1.165, 1.54) is 12.8 Å². The predicted molar refractivity (Wildman–Crippen MR) is 89.6 cm³/mol. The van der Waals surface area contributed by atoms with Crippen LogP contribution < -0.4 is 5.32 Å². The molecule has 5 nitrogen and oxygen atoms in total. The first-order valence-electron chi connectivity index (χ1n) is 8.20. The van der Waals surface area contributed by atoms with Crippen molar-refractivity contribution < 1.29 is 9.90 Å². The summed E-state index contributed by atoms with van der Waals surface area (Å²) in [4.78, 5) is 19.6. The lowest BCUT2D eigenvalue weighted by molar-refractivity contribution is 0.0689. The van der Waals surface area contributed by atoms with Crippen molar-refractivity contribution in [1.29, 1.82) is 0 Å². The Hall–Kier alpha value is -2.17. The van der Waals surface area contributed by atoms with Gasteiger partial charge in [-0.3, -0.25) is 0 Å². The maximum absolute atomic E-state index is 11.2. The van der Waals surface area contributed by atoms with Gasteiger partial charge in [-0.1, -0.05) is 24.3 Å². The number of aromatic nitrogens is 2. The number of hydrogen-bond acceptors (Lipinski definition) is 4. The van der Waals surface area contributed by atoms with E-state index in [9.17, 15) is 9.90 Å². The zero-order chi connectivity index (χ0) is 16.4. The predicted octanol–water partition coefficient (Wildman–Crippen LogP) is 3.36. The molecule has 2 N–H and O–H groups in total. The van der Waals surface area contributed by atoms with Crippen LogP contribution in [0.25, 0.3) is 0 Å². The van der Waals surface area contributed by atoms with Crippen LogP contribution in [0.1, 0.15) is 41.1 Å². The van der Waals surface area contributed by atoms with E-state index in [0.717, 1.165) is 18.9 Å². The summed E-state index contributed by atoms with van der Waals surface area (Å²) in [6.07, 6.45) is 12.5. The lowest BCUT2D eigenvalue weighted by Gasteiger charge is -2.40. The number of nitrogens with one attached hydrogen (secondary N) is 1. The molecular formula is C18H23N3O2. The Kier molecular flexibility index (Phi) is 4.46. The molecule has 0 saturated heterocycles. The summed E-state index contributed by atoms with van der Waals surface area (Å²) in [5.41, 5.74) is 0.699. The van der Waals surface area contributed by atoms with Crippen LogP contribution >= 0.6 is 0 Å². The molecule has 122 valence electrons. The lowest BCUT2D eigenvalue weighted by Crippen LogP contribution is -2.34. The third kappa shape index (κ3) is 3.44. The van der Waals surface area contributed by atoms with Crippen LogP contribution in [0.4, 0.5) is 5.82 Å². The minimum absolute atomic E-state index is 0.0885. The third-order valence-electron chi connectivity index (χ3n) is 4.91. The van der Waals surface area contributed by atoms with E-state index < -0.39 is 5.97 Å². The third-order valence-corrected chi connectivity index (χ3v) is 4.91. The van der Waals surface area contributed by atoms with Gasteiger partial charge in [0.2, 0.25) is 0 Å². The fourth-order valence-electron chi connectivity index (χ4n) is 3.50. The highest BCUT2D eigenvalue weighted by atomic mass is 16.4. The summed E-state index contributed by atoms with van der Waals surface area (Å²) in [7, 11) is 0. The molecule has 0 bridgehead atoms. The maximum atomic E-state index is 11.2. The van der Waals surface area contributed by atoms with Crippen LogP contribution in [-0.2, 0) is 0 Å². The first kappa shape index (κ1) is 15.7. The Morgan fingerprint density at radius 2 is 2.09 bits per heavy atom. The Balaban J connectivity index is 1.55. The fraction of sp³-hybridized carbons (Fsp3) is 0.500. The van der Waals surface area contributed by atoms with Crippen molar-refractivity contribution in [3.8, 4) is 0 Å². The number of carboxylic acids is 1. The molecule has 5 heteroatoms. The number of carbonyl (C=O) groups is 1. The molecule has 1 fully saturated rings. The molecule has 0 amide bonds. The molecule has 2 aliphatic rings. The van der Waals surface area contributed by atoms with Gasteiger partial charge in [0.1, 0.15) is 11.6 Å². The second kappa shape index (κ2) is 6.52. The van der Waals surface area contributed by atoms with Crippen LogP contribution in [0.5, 0.6) is 0 Å². The van der Waals surface area contributed by atoms with Gasteiger partial charge in [0, 0.05) is 12.1 Å². The Morgan fingerprint density at radius 1 is 1.30 bits per heavy atom. The highest BCUT2D eigenvalue weighted by Crippen LogP contribution is 2.41. The number of rotatable bonds is 5. The molecule has 1 atom stereocenters. The van der Waals surface area contributed by atoms with Crippen LogP contribution in [-0.4, -0.2) is 27.6 Å². The second-order valence-electron chi connectivity index (χ2n) is 6.59. The average Bonchev–Trinajstić information content (AvgIpc) is 2.49. The lowest BCUT2D eigenvalue weighted by atomic mass is 9.67. The number of allylic oxidation sites excluding steroid dienone is 4. The minimum Gasteiger partial charge on any atom is -0.476 e. The van der Waals surface area contributed by atoms with Crippen LogP contribution in [0.3, 0.4) is 0 Å². The van der Waals surface area contributed by atoms with E-state index in [4.69, 9.17) is 0 Å². The van der Waals surface area contributed by atoms with Gasteiger partial charge in [0.05, 0.1) is 0 Å². The van der Waals surface area contributed by atoms with E-state index in [0.29, 0.717) is 29.0 Å². The monoisotopic (exact) mass is 313 g/mol. The number of anilines is 1. The van der Waals surface area contributed by atoms with Gasteiger partial charge < -0.3 is 10.4 Å². The molecule has 1 unspecified atom stereocenters. The summed E-state index contributed by atoms with van der Waals surface area (Å²) in [6.45, 7) is 4.33. The van der Waals surface area contributed by atoms with Crippen molar-refractivity contribution >= 4 is 11.8 Å². The molecular weight excluding hydrogens is 290 g/mol. The normalized spacial score (nSPS) is 25.9. The van der Waals surface area contributed by atoms with Crippen molar-refractivity contribution in [2.45, 2.75) is 33.1 Å². The zero-order valence-electron chi connectivity index (χ0n) is 13.6. The standard InChI is InChI=1S/C18H23N3O2/c1-11-16(18(22)23)20-12(2)21-17(11)19-10-13-8-15(9-13)14-6-4-3-5-7-14/h3-6,13-15H,7-10H2,1-2H3,(H,22,23)(H,19,20,21). The van der Waals surface area contributed by atoms with Crippen molar-refractivity contribution in [2.75, 3.05) is 11.9 Å². The van der Waals surface area contributed by atoms with Gasteiger partial charge in [-0.05, 0) is 50.9 Å². The molecule has 23 heavy (non-hydrogen) atoms. The van der Waals surface area contributed by atoms with Gasteiger partial charge in [-0.2, -0.15) is 0 Å². The summed E-state index contributed by atoms with van der Waals surface area (Å²) in [5, 5.41) is 12.5. The van der Waals surface area contributed by atoms with E-state index in [2.05, 4.69) is 39.6 Å².